The summed E-state index contributed by atoms with van der Waals surface area (Å²) in [5, 5.41) is 4.07. The second kappa shape index (κ2) is 7.27. The van der Waals surface area contributed by atoms with Crippen LogP contribution in [0, 0.1) is 6.92 Å². The predicted molar refractivity (Wildman–Crippen MR) is 82.5 cm³/mol. The van der Waals surface area contributed by atoms with Gasteiger partial charge in [-0.1, -0.05) is 24.6 Å². The Labute approximate surface area is 124 Å². The molecule has 106 valence electrons. The summed E-state index contributed by atoms with van der Waals surface area (Å²) < 4.78 is 5.96. The molecule has 0 unspecified atom stereocenters. The smallest absolute Gasteiger partial charge is 0.148 e. The summed E-state index contributed by atoms with van der Waals surface area (Å²) >= 11 is 6.28. The molecule has 0 fully saturated rings. The van der Waals surface area contributed by atoms with E-state index in [1.54, 1.807) is 6.20 Å². The summed E-state index contributed by atoms with van der Waals surface area (Å²) in [5.41, 5.74) is 1.84. The molecule has 3 nitrogen and oxygen atoms in total. The highest BCUT2D eigenvalue weighted by Crippen LogP contribution is 2.31. The third kappa shape index (κ3) is 3.71. The molecule has 1 aromatic heterocycles. The van der Waals surface area contributed by atoms with Gasteiger partial charge in [0.15, 0.2) is 0 Å². The molecule has 1 aromatic carbocycles. The van der Waals surface area contributed by atoms with Gasteiger partial charge in [-0.05, 0) is 44.2 Å². The summed E-state index contributed by atoms with van der Waals surface area (Å²) in [5.74, 6) is 1.53. The zero-order chi connectivity index (χ0) is 14.4. The minimum absolute atomic E-state index is 0.697. The normalized spacial score (nSPS) is 10.6. The average molecular weight is 291 g/mol. The van der Waals surface area contributed by atoms with Crippen LogP contribution in [0.4, 0.5) is 0 Å². The predicted octanol–water partition coefficient (Wildman–Crippen LogP) is 4.34. The van der Waals surface area contributed by atoms with Crippen molar-refractivity contribution in [2.24, 2.45) is 0 Å². The van der Waals surface area contributed by atoms with Crippen molar-refractivity contribution in [3.8, 4) is 11.5 Å². The van der Waals surface area contributed by atoms with Gasteiger partial charge in [0.2, 0.25) is 0 Å². The molecule has 0 spiro atoms. The molecule has 0 amide bonds. The SMILES string of the molecule is CCCNCc1c(Cl)cccc1Oc1cccnc1C. The summed E-state index contributed by atoms with van der Waals surface area (Å²) in [6, 6.07) is 9.48. The first-order valence-corrected chi connectivity index (χ1v) is 7.17. The number of halogens is 1. The highest BCUT2D eigenvalue weighted by Gasteiger charge is 2.10. The Bertz CT molecular complexity index is 572. The number of rotatable bonds is 6. The van der Waals surface area contributed by atoms with Crippen molar-refractivity contribution in [1.82, 2.24) is 10.3 Å². The zero-order valence-electron chi connectivity index (χ0n) is 11.8. The summed E-state index contributed by atoms with van der Waals surface area (Å²) in [7, 11) is 0. The van der Waals surface area contributed by atoms with Gasteiger partial charge in [-0.25, -0.2) is 0 Å². The van der Waals surface area contributed by atoms with Crippen LogP contribution in [0.2, 0.25) is 5.02 Å². The lowest BCUT2D eigenvalue weighted by molar-refractivity contribution is 0.466. The van der Waals surface area contributed by atoms with Gasteiger partial charge in [-0.2, -0.15) is 0 Å². The molecule has 20 heavy (non-hydrogen) atoms. The molecule has 0 saturated carbocycles. The molecular formula is C16H19ClN2O. The molecule has 0 aliphatic rings. The highest BCUT2D eigenvalue weighted by molar-refractivity contribution is 6.31. The number of pyridine rings is 1. The lowest BCUT2D eigenvalue weighted by Gasteiger charge is -2.14. The number of nitrogens with one attached hydrogen (secondary N) is 1. The molecule has 0 atom stereocenters. The van der Waals surface area contributed by atoms with E-state index in [9.17, 15) is 0 Å². The van der Waals surface area contributed by atoms with Gasteiger partial charge in [0, 0.05) is 23.3 Å². The van der Waals surface area contributed by atoms with Gasteiger partial charge in [0.1, 0.15) is 11.5 Å². The Morgan fingerprint density at radius 2 is 2.00 bits per heavy atom. The van der Waals surface area contributed by atoms with Crippen molar-refractivity contribution < 1.29 is 4.74 Å². The molecule has 1 heterocycles. The molecule has 0 radical (unpaired) electrons. The van der Waals surface area contributed by atoms with Crippen molar-refractivity contribution in [1.29, 1.82) is 0 Å². The summed E-state index contributed by atoms with van der Waals surface area (Å²) in [4.78, 5) is 4.23. The van der Waals surface area contributed by atoms with E-state index in [0.717, 1.165) is 35.7 Å². The molecule has 4 heteroatoms. The van der Waals surface area contributed by atoms with E-state index < -0.39 is 0 Å². The van der Waals surface area contributed by atoms with Crippen molar-refractivity contribution >= 4 is 11.6 Å². The Kier molecular flexibility index (Phi) is 5.39. The van der Waals surface area contributed by atoms with Crippen LogP contribution in [0.3, 0.4) is 0 Å². The van der Waals surface area contributed by atoms with E-state index in [4.69, 9.17) is 16.3 Å². The van der Waals surface area contributed by atoms with Crippen molar-refractivity contribution in [3.05, 3.63) is 52.8 Å². The van der Waals surface area contributed by atoms with Crippen LogP contribution in [0.1, 0.15) is 24.6 Å². The maximum Gasteiger partial charge on any atom is 0.148 e. The molecular weight excluding hydrogens is 272 g/mol. The van der Waals surface area contributed by atoms with Gasteiger partial charge < -0.3 is 10.1 Å². The Morgan fingerprint density at radius 3 is 2.75 bits per heavy atom. The van der Waals surface area contributed by atoms with Crippen LogP contribution in [0.25, 0.3) is 0 Å². The van der Waals surface area contributed by atoms with E-state index in [-0.39, 0.29) is 0 Å². The van der Waals surface area contributed by atoms with E-state index in [1.165, 1.54) is 0 Å². The Morgan fingerprint density at radius 1 is 1.20 bits per heavy atom. The maximum atomic E-state index is 6.28. The van der Waals surface area contributed by atoms with E-state index in [0.29, 0.717) is 11.6 Å². The van der Waals surface area contributed by atoms with E-state index in [1.807, 2.05) is 37.3 Å². The number of hydrogen-bond donors (Lipinski definition) is 1. The molecule has 0 aliphatic heterocycles. The average Bonchev–Trinajstić information content (AvgIpc) is 2.44. The van der Waals surface area contributed by atoms with Crippen LogP contribution in [0.15, 0.2) is 36.5 Å². The molecule has 2 rings (SSSR count). The molecule has 2 aromatic rings. The number of nitrogens with zero attached hydrogens (tertiary/aromatic N) is 1. The number of aromatic nitrogens is 1. The molecule has 1 N–H and O–H groups in total. The van der Waals surface area contributed by atoms with Crippen molar-refractivity contribution in [3.63, 3.8) is 0 Å². The van der Waals surface area contributed by atoms with E-state index >= 15 is 0 Å². The topological polar surface area (TPSA) is 34.1 Å². The number of benzene rings is 1. The first-order chi connectivity index (χ1) is 9.72. The fourth-order valence-electron chi connectivity index (χ4n) is 1.89. The highest BCUT2D eigenvalue weighted by atomic mass is 35.5. The second-order valence-electron chi connectivity index (χ2n) is 4.58. The summed E-state index contributed by atoms with van der Waals surface area (Å²) in [6.45, 7) is 5.71. The van der Waals surface area contributed by atoms with Gasteiger partial charge >= 0.3 is 0 Å². The van der Waals surface area contributed by atoms with E-state index in [2.05, 4.69) is 17.2 Å². The summed E-state index contributed by atoms with van der Waals surface area (Å²) in [6.07, 6.45) is 2.84. The molecule has 0 aliphatic carbocycles. The molecule has 0 bridgehead atoms. The van der Waals surface area contributed by atoms with Crippen molar-refractivity contribution in [2.45, 2.75) is 26.8 Å². The van der Waals surface area contributed by atoms with Crippen LogP contribution in [-0.4, -0.2) is 11.5 Å². The lowest BCUT2D eigenvalue weighted by Crippen LogP contribution is -2.14. The van der Waals surface area contributed by atoms with Crippen LogP contribution < -0.4 is 10.1 Å². The number of ether oxygens (including phenoxy) is 1. The zero-order valence-corrected chi connectivity index (χ0v) is 12.6. The Balaban J connectivity index is 2.23. The van der Waals surface area contributed by atoms with Gasteiger partial charge in [0.05, 0.1) is 5.69 Å². The fraction of sp³-hybridized carbons (Fsp3) is 0.312. The number of hydrogen-bond acceptors (Lipinski definition) is 3. The third-order valence-corrected chi connectivity index (χ3v) is 3.34. The standard InChI is InChI=1S/C16H19ClN2O/c1-3-9-18-11-13-14(17)6-4-7-16(13)20-15-8-5-10-19-12(15)2/h4-8,10,18H,3,9,11H2,1-2H3. The van der Waals surface area contributed by atoms with Gasteiger partial charge in [0.25, 0.3) is 0 Å². The number of aryl methyl sites for hydroxylation is 1. The Hall–Kier alpha value is -1.58. The van der Waals surface area contributed by atoms with Crippen LogP contribution >= 0.6 is 11.6 Å². The largest absolute Gasteiger partial charge is 0.455 e. The quantitative estimate of drug-likeness (QED) is 0.804. The minimum atomic E-state index is 0.697. The van der Waals surface area contributed by atoms with Gasteiger partial charge in [-0.3, -0.25) is 4.98 Å². The second-order valence-corrected chi connectivity index (χ2v) is 4.99. The first-order valence-electron chi connectivity index (χ1n) is 6.80. The fourth-order valence-corrected chi connectivity index (χ4v) is 2.12. The minimum Gasteiger partial charge on any atom is -0.455 e. The first kappa shape index (κ1) is 14.8. The van der Waals surface area contributed by atoms with Gasteiger partial charge in [-0.15, -0.1) is 0 Å². The monoisotopic (exact) mass is 290 g/mol. The van der Waals surface area contributed by atoms with Crippen molar-refractivity contribution in [2.75, 3.05) is 6.54 Å². The van der Waals surface area contributed by atoms with Crippen LogP contribution in [0.5, 0.6) is 11.5 Å². The lowest BCUT2D eigenvalue weighted by atomic mass is 10.2. The maximum absolute atomic E-state index is 6.28. The third-order valence-electron chi connectivity index (χ3n) is 2.98. The molecule has 0 saturated heterocycles. The van der Waals surface area contributed by atoms with Crippen LogP contribution in [-0.2, 0) is 6.54 Å².